The number of carbonyl (C=O) groups is 2. The molecule has 0 aliphatic carbocycles. The number of Topliss-reactive ketones (excluding diaryl/α,β-unsaturated/α-hetero) is 1. The molecule has 1 fully saturated rings. The van der Waals surface area contributed by atoms with Crippen molar-refractivity contribution in [1.29, 1.82) is 0 Å². The van der Waals surface area contributed by atoms with Gasteiger partial charge < -0.3 is 14.7 Å². The van der Waals surface area contributed by atoms with Gasteiger partial charge in [-0.1, -0.05) is 17.7 Å². The summed E-state index contributed by atoms with van der Waals surface area (Å²) in [6, 6.07) is 8.91. The molecule has 4 rings (SSSR count). The maximum atomic E-state index is 14.4. The van der Waals surface area contributed by atoms with Crippen LogP contribution in [0.25, 0.3) is 22.0 Å². The Balaban J connectivity index is 1.75. The lowest BCUT2D eigenvalue weighted by atomic mass is 9.98. The Hall–Kier alpha value is -3.03. The SMILES string of the molecule is CC(=O)c1cnc2ccc(-c3cc(F)c(C)c(Cl)c3)cc2c1N1CCN(C(=O)CN(C)C)CC1. The maximum Gasteiger partial charge on any atom is 0.236 e. The lowest BCUT2D eigenvalue weighted by Crippen LogP contribution is -2.51. The number of rotatable bonds is 5. The molecular formula is C26H28ClFN4O2. The molecule has 1 aromatic heterocycles. The Morgan fingerprint density at radius 3 is 2.41 bits per heavy atom. The van der Waals surface area contributed by atoms with Crippen LogP contribution >= 0.6 is 11.6 Å². The van der Waals surface area contributed by atoms with Gasteiger partial charge in [-0.3, -0.25) is 14.6 Å². The Bertz CT molecular complexity index is 1250. The number of pyridine rings is 1. The van der Waals surface area contributed by atoms with Gasteiger partial charge >= 0.3 is 0 Å². The molecule has 1 aliphatic rings. The molecule has 1 aliphatic heterocycles. The first kappa shape index (κ1) is 24.1. The van der Waals surface area contributed by atoms with Gasteiger partial charge in [0.15, 0.2) is 5.78 Å². The molecule has 0 atom stereocenters. The molecule has 2 heterocycles. The molecule has 2 aromatic carbocycles. The van der Waals surface area contributed by atoms with Crippen molar-refractivity contribution in [3.63, 3.8) is 0 Å². The standard InChI is InChI=1S/C26H28ClFN4O2/c1-16-22(27)12-19(13-23(16)28)18-5-6-24-20(11-18)26(21(14-29-24)17(2)33)32-9-7-31(8-10-32)25(34)15-30(3)4/h5-6,11-14H,7-10,15H2,1-4H3. The first-order valence-corrected chi connectivity index (χ1v) is 11.6. The molecule has 0 bridgehead atoms. The summed E-state index contributed by atoms with van der Waals surface area (Å²) in [6.07, 6.45) is 1.62. The summed E-state index contributed by atoms with van der Waals surface area (Å²) in [5.41, 5.74) is 3.94. The Kier molecular flexibility index (Phi) is 6.86. The van der Waals surface area contributed by atoms with Crippen LogP contribution in [0, 0.1) is 12.7 Å². The fourth-order valence-corrected chi connectivity index (χ4v) is 4.53. The number of fused-ring (bicyclic) bond motifs is 1. The molecule has 1 saturated heterocycles. The minimum absolute atomic E-state index is 0.0784. The number of amides is 1. The van der Waals surface area contributed by atoms with Crippen LogP contribution in [0.3, 0.4) is 0 Å². The van der Waals surface area contributed by atoms with E-state index in [2.05, 4.69) is 9.88 Å². The van der Waals surface area contributed by atoms with Gasteiger partial charge in [0.25, 0.3) is 0 Å². The second-order valence-corrected chi connectivity index (χ2v) is 9.39. The van der Waals surface area contributed by atoms with Gasteiger partial charge in [-0.2, -0.15) is 0 Å². The maximum absolute atomic E-state index is 14.4. The zero-order valence-corrected chi connectivity index (χ0v) is 20.6. The monoisotopic (exact) mass is 482 g/mol. The molecule has 1 amide bonds. The summed E-state index contributed by atoms with van der Waals surface area (Å²) in [5.74, 6) is -0.348. The molecule has 0 N–H and O–H groups in total. The van der Waals surface area contributed by atoms with Gasteiger partial charge in [-0.15, -0.1) is 0 Å². The van der Waals surface area contributed by atoms with Crippen molar-refractivity contribution < 1.29 is 14.0 Å². The van der Waals surface area contributed by atoms with Crippen molar-refractivity contribution in [2.75, 3.05) is 51.7 Å². The predicted octanol–water partition coefficient (Wildman–Crippen LogP) is 4.42. The van der Waals surface area contributed by atoms with Crippen molar-refractivity contribution in [3.05, 3.63) is 58.5 Å². The first-order valence-electron chi connectivity index (χ1n) is 11.2. The number of hydrogen-bond acceptors (Lipinski definition) is 5. The average molecular weight is 483 g/mol. The third-order valence-electron chi connectivity index (χ3n) is 6.23. The number of nitrogens with zero attached hydrogens (tertiary/aromatic N) is 4. The number of benzene rings is 2. The summed E-state index contributed by atoms with van der Waals surface area (Å²) in [7, 11) is 3.75. The van der Waals surface area contributed by atoms with Crippen molar-refractivity contribution in [1.82, 2.24) is 14.8 Å². The highest BCUT2D eigenvalue weighted by Gasteiger charge is 2.25. The van der Waals surface area contributed by atoms with E-state index < -0.39 is 0 Å². The minimum atomic E-state index is -0.364. The third kappa shape index (κ3) is 4.76. The highest BCUT2D eigenvalue weighted by atomic mass is 35.5. The quantitative estimate of drug-likeness (QED) is 0.504. The van der Waals surface area contributed by atoms with E-state index in [0.29, 0.717) is 54.4 Å². The number of anilines is 1. The second-order valence-electron chi connectivity index (χ2n) is 8.98. The fourth-order valence-electron chi connectivity index (χ4n) is 4.32. The van der Waals surface area contributed by atoms with E-state index in [1.54, 1.807) is 19.2 Å². The lowest BCUT2D eigenvalue weighted by molar-refractivity contribution is -0.132. The summed E-state index contributed by atoms with van der Waals surface area (Å²) in [5, 5.41) is 1.18. The highest BCUT2D eigenvalue weighted by Crippen LogP contribution is 2.35. The third-order valence-corrected chi connectivity index (χ3v) is 6.63. The largest absolute Gasteiger partial charge is 0.367 e. The Morgan fingerprint density at radius 1 is 1.09 bits per heavy atom. The van der Waals surface area contributed by atoms with E-state index >= 15 is 0 Å². The van der Waals surface area contributed by atoms with E-state index in [-0.39, 0.29) is 17.5 Å². The molecule has 6 nitrogen and oxygen atoms in total. The highest BCUT2D eigenvalue weighted by molar-refractivity contribution is 6.31. The molecule has 0 spiro atoms. The molecule has 178 valence electrons. The zero-order valence-electron chi connectivity index (χ0n) is 19.9. The van der Waals surface area contributed by atoms with Crippen molar-refractivity contribution in [2.45, 2.75) is 13.8 Å². The van der Waals surface area contributed by atoms with Crippen molar-refractivity contribution >= 4 is 39.9 Å². The first-order chi connectivity index (χ1) is 16.2. The van der Waals surface area contributed by atoms with Crippen LogP contribution in [-0.2, 0) is 4.79 Å². The Labute approximate surface area is 203 Å². The molecule has 0 radical (unpaired) electrons. The number of carbonyl (C=O) groups excluding carboxylic acids is 2. The van der Waals surface area contributed by atoms with Gasteiger partial charge in [0, 0.05) is 48.3 Å². The van der Waals surface area contributed by atoms with E-state index in [4.69, 9.17) is 11.6 Å². The van der Waals surface area contributed by atoms with Gasteiger partial charge in [-0.25, -0.2) is 4.39 Å². The normalized spacial score (nSPS) is 14.2. The van der Waals surface area contributed by atoms with Crippen LogP contribution in [0.2, 0.25) is 5.02 Å². The van der Waals surface area contributed by atoms with Crippen LogP contribution in [-0.4, -0.2) is 73.3 Å². The zero-order chi connectivity index (χ0) is 24.6. The van der Waals surface area contributed by atoms with Crippen LogP contribution in [0.4, 0.5) is 10.1 Å². The number of piperazine rings is 1. The second kappa shape index (κ2) is 9.68. The van der Waals surface area contributed by atoms with E-state index in [0.717, 1.165) is 22.2 Å². The lowest BCUT2D eigenvalue weighted by Gasteiger charge is -2.37. The topological polar surface area (TPSA) is 56.8 Å². The van der Waals surface area contributed by atoms with Gasteiger partial charge in [-0.05, 0) is 63.3 Å². The molecule has 3 aromatic rings. The number of likely N-dealkylation sites (N-methyl/N-ethyl adjacent to an activating group) is 1. The van der Waals surface area contributed by atoms with Crippen LogP contribution < -0.4 is 4.90 Å². The molecule has 0 saturated carbocycles. The predicted molar refractivity (Wildman–Crippen MR) is 134 cm³/mol. The van der Waals surface area contributed by atoms with E-state index in [9.17, 15) is 14.0 Å². The van der Waals surface area contributed by atoms with Gasteiger partial charge in [0.2, 0.25) is 5.91 Å². The number of halogens is 2. The molecule has 8 heteroatoms. The smallest absolute Gasteiger partial charge is 0.236 e. The van der Waals surface area contributed by atoms with Gasteiger partial charge in [0.1, 0.15) is 5.82 Å². The minimum Gasteiger partial charge on any atom is -0.367 e. The fraction of sp³-hybridized carbons (Fsp3) is 0.346. The summed E-state index contributed by atoms with van der Waals surface area (Å²) >= 11 is 6.24. The van der Waals surface area contributed by atoms with E-state index in [1.807, 2.05) is 42.1 Å². The van der Waals surface area contributed by atoms with Crippen LogP contribution in [0.5, 0.6) is 0 Å². The summed E-state index contributed by atoms with van der Waals surface area (Å²) in [6.45, 7) is 5.91. The number of hydrogen-bond donors (Lipinski definition) is 0. The van der Waals surface area contributed by atoms with Gasteiger partial charge in [0.05, 0.1) is 23.3 Å². The summed E-state index contributed by atoms with van der Waals surface area (Å²) < 4.78 is 14.4. The van der Waals surface area contributed by atoms with Crippen molar-refractivity contribution in [3.8, 4) is 11.1 Å². The number of ketones is 1. The van der Waals surface area contributed by atoms with Crippen molar-refractivity contribution in [2.24, 2.45) is 0 Å². The molecule has 34 heavy (non-hydrogen) atoms. The average Bonchev–Trinajstić information content (AvgIpc) is 2.80. The van der Waals surface area contributed by atoms with Crippen LogP contribution in [0.1, 0.15) is 22.8 Å². The van der Waals surface area contributed by atoms with Crippen LogP contribution in [0.15, 0.2) is 36.5 Å². The molecular weight excluding hydrogens is 455 g/mol. The number of aromatic nitrogens is 1. The summed E-state index contributed by atoms with van der Waals surface area (Å²) in [4.78, 5) is 35.4. The Morgan fingerprint density at radius 2 is 1.79 bits per heavy atom. The van der Waals surface area contributed by atoms with E-state index in [1.165, 1.54) is 13.0 Å². The molecule has 0 unspecified atom stereocenters.